The fourth-order valence-electron chi connectivity index (χ4n) is 1.12. The van der Waals surface area contributed by atoms with E-state index in [1.165, 1.54) is 31.3 Å². The number of carbonyl (C=O) groups excluding carboxylic acids is 1. The van der Waals surface area contributed by atoms with E-state index in [1.54, 1.807) is 6.92 Å². The Balaban J connectivity index is 3.10. The van der Waals surface area contributed by atoms with Gasteiger partial charge in [0, 0.05) is 0 Å². The number of hydrogen-bond acceptors (Lipinski definition) is 4. The lowest BCUT2D eigenvalue weighted by Crippen LogP contribution is -2.19. The van der Waals surface area contributed by atoms with E-state index in [2.05, 4.69) is 4.72 Å². The molecule has 0 aliphatic rings. The summed E-state index contributed by atoms with van der Waals surface area (Å²) in [4.78, 5) is 11.4. The molecular weight excluding hydrogens is 230 g/mol. The van der Waals surface area contributed by atoms with Crippen LogP contribution in [0.5, 0.6) is 0 Å². The van der Waals surface area contributed by atoms with Crippen LogP contribution in [0.25, 0.3) is 0 Å². The molecule has 0 aliphatic heterocycles. The third-order valence-electron chi connectivity index (χ3n) is 1.92. The Kier molecular flexibility index (Phi) is 4.03. The molecule has 0 radical (unpaired) electrons. The lowest BCUT2D eigenvalue weighted by atomic mass is 10.2. The molecule has 0 aromatic heterocycles. The molecule has 6 heteroatoms. The summed E-state index contributed by atoms with van der Waals surface area (Å²) in [6.07, 6.45) is 0. The zero-order valence-corrected chi connectivity index (χ0v) is 9.87. The van der Waals surface area contributed by atoms with Crippen LogP contribution in [-0.2, 0) is 14.8 Å². The Morgan fingerprint density at radius 3 is 2.69 bits per heavy atom. The molecule has 0 amide bonds. The van der Waals surface area contributed by atoms with Crippen molar-refractivity contribution in [2.45, 2.75) is 11.8 Å². The largest absolute Gasteiger partial charge is 0.462 e. The van der Waals surface area contributed by atoms with Gasteiger partial charge in [0.25, 0.3) is 0 Å². The Morgan fingerprint density at radius 1 is 1.44 bits per heavy atom. The van der Waals surface area contributed by atoms with Crippen molar-refractivity contribution in [1.29, 1.82) is 0 Å². The fraction of sp³-hybridized carbons (Fsp3) is 0.300. The van der Waals surface area contributed by atoms with Gasteiger partial charge in [0.15, 0.2) is 0 Å². The zero-order chi connectivity index (χ0) is 12.2. The highest BCUT2D eigenvalue weighted by molar-refractivity contribution is 7.89. The summed E-state index contributed by atoms with van der Waals surface area (Å²) in [5.41, 5.74) is 0.221. The molecule has 1 rings (SSSR count). The average Bonchev–Trinajstić information content (AvgIpc) is 2.29. The number of ether oxygens (including phenoxy) is 1. The van der Waals surface area contributed by atoms with Crippen LogP contribution < -0.4 is 4.72 Å². The van der Waals surface area contributed by atoms with Crippen molar-refractivity contribution in [3.8, 4) is 0 Å². The van der Waals surface area contributed by atoms with Crippen molar-refractivity contribution in [3.63, 3.8) is 0 Å². The second-order valence-electron chi connectivity index (χ2n) is 2.96. The molecule has 5 nitrogen and oxygen atoms in total. The van der Waals surface area contributed by atoms with E-state index >= 15 is 0 Å². The van der Waals surface area contributed by atoms with Gasteiger partial charge in [-0.3, -0.25) is 0 Å². The van der Waals surface area contributed by atoms with E-state index < -0.39 is 16.0 Å². The van der Waals surface area contributed by atoms with Crippen LogP contribution >= 0.6 is 0 Å². The maximum Gasteiger partial charge on any atom is 0.338 e. The lowest BCUT2D eigenvalue weighted by Gasteiger charge is -2.05. The molecule has 0 fully saturated rings. The molecule has 16 heavy (non-hydrogen) atoms. The number of sulfonamides is 1. The predicted octanol–water partition coefficient (Wildman–Crippen LogP) is 0.771. The molecule has 0 saturated heterocycles. The van der Waals surface area contributed by atoms with Crippen LogP contribution in [0.3, 0.4) is 0 Å². The number of carbonyl (C=O) groups is 1. The first kappa shape index (κ1) is 12.7. The summed E-state index contributed by atoms with van der Waals surface area (Å²) >= 11 is 0. The number of rotatable bonds is 4. The van der Waals surface area contributed by atoms with Crippen LogP contribution in [0.1, 0.15) is 17.3 Å². The zero-order valence-electron chi connectivity index (χ0n) is 9.06. The molecule has 0 unspecified atom stereocenters. The Hall–Kier alpha value is -1.40. The third kappa shape index (κ3) is 2.80. The maximum absolute atomic E-state index is 11.5. The molecule has 0 saturated carbocycles. The van der Waals surface area contributed by atoms with Crippen LogP contribution in [0, 0.1) is 0 Å². The molecule has 0 heterocycles. The van der Waals surface area contributed by atoms with E-state index in [-0.39, 0.29) is 17.1 Å². The lowest BCUT2D eigenvalue weighted by molar-refractivity contribution is 0.0526. The minimum absolute atomic E-state index is 0.0422. The normalized spacial score (nSPS) is 11.1. The van der Waals surface area contributed by atoms with Gasteiger partial charge in [-0.05, 0) is 32.2 Å². The van der Waals surface area contributed by atoms with Crippen LogP contribution in [0.2, 0.25) is 0 Å². The Labute approximate surface area is 94.5 Å². The topological polar surface area (TPSA) is 72.5 Å². The van der Waals surface area contributed by atoms with Gasteiger partial charge in [-0.25, -0.2) is 17.9 Å². The Morgan fingerprint density at radius 2 is 2.12 bits per heavy atom. The molecule has 1 aromatic rings. The van der Waals surface area contributed by atoms with Crippen LogP contribution in [-0.4, -0.2) is 28.0 Å². The first-order valence-corrected chi connectivity index (χ1v) is 6.20. The van der Waals surface area contributed by atoms with Gasteiger partial charge in [0.1, 0.15) is 0 Å². The first-order chi connectivity index (χ1) is 7.51. The maximum atomic E-state index is 11.5. The predicted molar refractivity (Wildman–Crippen MR) is 58.6 cm³/mol. The van der Waals surface area contributed by atoms with Gasteiger partial charge in [-0.1, -0.05) is 6.07 Å². The fourth-order valence-corrected chi connectivity index (χ4v) is 1.90. The molecule has 0 atom stereocenters. The van der Waals surface area contributed by atoms with Crippen molar-refractivity contribution < 1.29 is 17.9 Å². The highest BCUT2D eigenvalue weighted by Gasteiger charge is 2.14. The van der Waals surface area contributed by atoms with Crippen molar-refractivity contribution in [3.05, 3.63) is 29.8 Å². The second kappa shape index (κ2) is 5.09. The van der Waals surface area contributed by atoms with E-state index in [0.717, 1.165) is 0 Å². The molecule has 88 valence electrons. The first-order valence-electron chi connectivity index (χ1n) is 4.72. The monoisotopic (exact) mass is 243 g/mol. The summed E-state index contributed by atoms with van der Waals surface area (Å²) < 4.78 is 29.9. The number of esters is 1. The molecular formula is C10H13NO4S. The van der Waals surface area contributed by atoms with Crippen molar-refractivity contribution in [2.75, 3.05) is 13.7 Å². The third-order valence-corrected chi connectivity index (χ3v) is 3.34. The van der Waals surface area contributed by atoms with E-state index in [4.69, 9.17) is 4.74 Å². The number of hydrogen-bond donors (Lipinski definition) is 1. The standard InChI is InChI=1S/C10H13NO4S/c1-3-15-10(12)8-5-4-6-9(7-8)16(13,14)11-2/h4-7,11H,3H2,1-2H3. The summed E-state index contributed by atoms with van der Waals surface area (Å²) in [5.74, 6) is -0.532. The minimum Gasteiger partial charge on any atom is -0.462 e. The molecule has 0 aliphatic carbocycles. The summed E-state index contributed by atoms with van der Waals surface area (Å²) in [5, 5.41) is 0. The quantitative estimate of drug-likeness (QED) is 0.793. The average molecular weight is 243 g/mol. The summed E-state index contributed by atoms with van der Waals surface area (Å²) in [7, 11) is -2.22. The van der Waals surface area contributed by atoms with Gasteiger partial charge in [0.05, 0.1) is 17.1 Å². The minimum atomic E-state index is -3.53. The van der Waals surface area contributed by atoms with Crippen LogP contribution in [0.15, 0.2) is 29.2 Å². The summed E-state index contributed by atoms with van der Waals surface area (Å²) in [6.45, 7) is 1.94. The highest BCUT2D eigenvalue weighted by atomic mass is 32.2. The van der Waals surface area contributed by atoms with E-state index in [0.29, 0.717) is 0 Å². The van der Waals surface area contributed by atoms with Gasteiger partial charge < -0.3 is 4.74 Å². The SMILES string of the molecule is CCOC(=O)c1cccc(S(=O)(=O)NC)c1. The highest BCUT2D eigenvalue weighted by Crippen LogP contribution is 2.11. The van der Waals surface area contributed by atoms with Crippen molar-refractivity contribution >= 4 is 16.0 Å². The molecule has 0 spiro atoms. The number of benzene rings is 1. The second-order valence-corrected chi connectivity index (χ2v) is 4.84. The van der Waals surface area contributed by atoms with Crippen LogP contribution in [0.4, 0.5) is 0 Å². The Bertz CT molecular complexity index is 481. The van der Waals surface area contributed by atoms with Gasteiger partial charge in [-0.15, -0.1) is 0 Å². The smallest absolute Gasteiger partial charge is 0.338 e. The molecule has 1 N–H and O–H groups in total. The van der Waals surface area contributed by atoms with E-state index in [9.17, 15) is 13.2 Å². The van der Waals surface area contributed by atoms with Crippen molar-refractivity contribution in [1.82, 2.24) is 4.72 Å². The molecule has 1 aromatic carbocycles. The van der Waals surface area contributed by atoms with Crippen molar-refractivity contribution in [2.24, 2.45) is 0 Å². The summed E-state index contributed by atoms with van der Waals surface area (Å²) in [6, 6.07) is 5.70. The van der Waals surface area contributed by atoms with Gasteiger partial charge >= 0.3 is 5.97 Å². The molecule has 0 bridgehead atoms. The van der Waals surface area contributed by atoms with E-state index in [1.807, 2.05) is 0 Å². The van der Waals surface area contributed by atoms with Gasteiger partial charge in [-0.2, -0.15) is 0 Å². The number of nitrogens with one attached hydrogen (secondary N) is 1. The van der Waals surface area contributed by atoms with Gasteiger partial charge in [0.2, 0.25) is 10.0 Å².